The van der Waals surface area contributed by atoms with Crippen molar-refractivity contribution in [1.82, 2.24) is 15.5 Å². The van der Waals surface area contributed by atoms with Gasteiger partial charge in [0, 0.05) is 12.1 Å². The van der Waals surface area contributed by atoms with Gasteiger partial charge in [-0.25, -0.2) is 0 Å². The normalized spacial score (nSPS) is 16.6. The fourth-order valence-electron chi connectivity index (χ4n) is 4.24. The first-order chi connectivity index (χ1) is 17.7. The molecule has 3 amide bonds. The maximum absolute atomic E-state index is 13.4. The molecule has 1 aromatic carbocycles. The maximum atomic E-state index is 13.4. The Kier molecular flexibility index (Phi) is 12.1. The fraction of sp³-hybridized carbons (Fsp3) is 0.593. The first-order valence-corrected chi connectivity index (χ1v) is 13.0. The maximum Gasteiger partial charge on any atom is 0.305 e. The van der Waals surface area contributed by atoms with Crippen LogP contribution < -0.4 is 15.4 Å². The molecule has 2 unspecified atom stereocenters. The number of aliphatic carboxylic acids is 1. The molecule has 0 bridgehead atoms. The summed E-state index contributed by atoms with van der Waals surface area (Å²) in [7, 11) is 0. The van der Waals surface area contributed by atoms with Gasteiger partial charge >= 0.3 is 5.97 Å². The van der Waals surface area contributed by atoms with E-state index < -0.39 is 48.2 Å². The molecular weight excluding hydrogens is 478 g/mol. The summed E-state index contributed by atoms with van der Waals surface area (Å²) in [6, 6.07) is 3.86. The molecule has 3 N–H and O–H groups in total. The lowest BCUT2D eigenvalue weighted by Gasteiger charge is -2.31. The molecule has 0 aliphatic carbocycles. The van der Waals surface area contributed by atoms with E-state index in [4.69, 9.17) is 9.84 Å². The van der Waals surface area contributed by atoms with Gasteiger partial charge in [0.05, 0.1) is 19.1 Å². The third-order valence-corrected chi connectivity index (χ3v) is 6.33. The number of likely N-dealkylation sites (tertiary alicyclic amines) is 1. The number of nitrogens with zero attached hydrogens (tertiary/aromatic N) is 1. The Bertz CT molecular complexity index is 932. The Balaban J connectivity index is 2.01. The lowest BCUT2D eigenvalue weighted by molar-refractivity contribution is -0.142. The zero-order chi connectivity index (χ0) is 27.4. The molecule has 1 aromatic rings. The van der Waals surface area contributed by atoms with Gasteiger partial charge in [0.2, 0.25) is 11.8 Å². The van der Waals surface area contributed by atoms with Crippen LogP contribution in [0.25, 0.3) is 0 Å². The zero-order valence-corrected chi connectivity index (χ0v) is 21.9. The highest BCUT2D eigenvalue weighted by Gasteiger charge is 2.39. The van der Waals surface area contributed by atoms with Crippen molar-refractivity contribution in [1.29, 1.82) is 0 Å². The summed E-state index contributed by atoms with van der Waals surface area (Å²) < 4.78 is 5.72. The van der Waals surface area contributed by atoms with E-state index in [1.54, 1.807) is 38.1 Å². The number of unbranched alkanes of at least 4 members (excludes halogenated alkanes) is 3. The van der Waals surface area contributed by atoms with Crippen LogP contribution in [0.5, 0.6) is 5.75 Å². The SMILES string of the molecule is CCCCCCOc1ccc(C(=O)NC(C(=O)N2CCCC2C(=O)N[C@H](C=O)CC(=O)O)C(C)C)cc1. The fourth-order valence-corrected chi connectivity index (χ4v) is 4.24. The van der Waals surface area contributed by atoms with Crippen LogP contribution in [0.15, 0.2) is 24.3 Å². The highest BCUT2D eigenvalue weighted by molar-refractivity contribution is 5.99. The zero-order valence-electron chi connectivity index (χ0n) is 21.9. The van der Waals surface area contributed by atoms with Gasteiger partial charge in [-0.05, 0) is 49.4 Å². The van der Waals surface area contributed by atoms with Crippen LogP contribution in [-0.2, 0) is 19.2 Å². The molecule has 0 spiro atoms. The standard InChI is InChI=1S/C27H39N3O7/c1-4-5-6-7-15-37-21-12-10-19(11-13-21)25(34)29-24(18(2)3)27(36)30-14-8-9-22(30)26(35)28-20(17-31)16-23(32)33/h10-13,17-18,20,22,24H,4-9,14-16H2,1-3H3,(H,28,35)(H,29,34)(H,32,33)/t20-,22?,24?/m0/s1. The van der Waals surface area contributed by atoms with Gasteiger partial charge in [0.15, 0.2) is 0 Å². The van der Waals surface area contributed by atoms with Crippen LogP contribution >= 0.6 is 0 Å². The average Bonchev–Trinajstić information content (AvgIpc) is 3.36. The van der Waals surface area contributed by atoms with Crippen molar-refractivity contribution in [2.24, 2.45) is 5.92 Å². The molecule has 2 rings (SSSR count). The second-order valence-electron chi connectivity index (χ2n) is 9.67. The van der Waals surface area contributed by atoms with Crippen LogP contribution in [-0.4, -0.2) is 71.3 Å². The third-order valence-electron chi connectivity index (χ3n) is 6.33. The topological polar surface area (TPSA) is 142 Å². The van der Waals surface area contributed by atoms with E-state index in [0.717, 1.165) is 19.3 Å². The summed E-state index contributed by atoms with van der Waals surface area (Å²) in [4.78, 5) is 62.5. The predicted octanol–water partition coefficient (Wildman–Crippen LogP) is 2.55. The van der Waals surface area contributed by atoms with Crippen LogP contribution in [0.3, 0.4) is 0 Å². The van der Waals surface area contributed by atoms with Gasteiger partial charge in [0.25, 0.3) is 5.91 Å². The smallest absolute Gasteiger partial charge is 0.305 e. The monoisotopic (exact) mass is 517 g/mol. The number of nitrogens with one attached hydrogen (secondary N) is 2. The second kappa shape index (κ2) is 15.0. The van der Waals surface area contributed by atoms with Gasteiger partial charge < -0.3 is 30.2 Å². The van der Waals surface area contributed by atoms with E-state index in [2.05, 4.69) is 17.6 Å². The van der Waals surface area contributed by atoms with Crippen molar-refractivity contribution >= 4 is 30.0 Å². The average molecular weight is 518 g/mol. The highest BCUT2D eigenvalue weighted by atomic mass is 16.5. The van der Waals surface area contributed by atoms with Gasteiger partial charge in [0.1, 0.15) is 24.1 Å². The number of benzene rings is 1. The highest BCUT2D eigenvalue weighted by Crippen LogP contribution is 2.21. The van der Waals surface area contributed by atoms with Crippen LogP contribution in [0.1, 0.15) is 76.1 Å². The molecule has 0 aromatic heterocycles. The van der Waals surface area contributed by atoms with Crippen LogP contribution in [0.4, 0.5) is 0 Å². The van der Waals surface area contributed by atoms with Crippen molar-refractivity contribution in [3.05, 3.63) is 29.8 Å². The molecule has 1 heterocycles. The minimum Gasteiger partial charge on any atom is -0.494 e. The Morgan fingerprint density at radius 3 is 2.41 bits per heavy atom. The number of amides is 3. The van der Waals surface area contributed by atoms with Crippen molar-refractivity contribution in [2.75, 3.05) is 13.2 Å². The van der Waals surface area contributed by atoms with Crippen molar-refractivity contribution in [2.45, 2.75) is 83.8 Å². The summed E-state index contributed by atoms with van der Waals surface area (Å²) >= 11 is 0. The Labute approximate surface area is 218 Å². The number of carbonyl (C=O) groups is 5. The van der Waals surface area contributed by atoms with Gasteiger partial charge in [-0.15, -0.1) is 0 Å². The third kappa shape index (κ3) is 9.18. The molecule has 37 heavy (non-hydrogen) atoms. The molecule has 1 aliphatic heterocycles. The Morgan fingerprint density at radius 2 is 1.81 bits per heavy atom. The Morgan fingerprint density at radius 1 is 1.11 bits per heavy atom. The van der Waals surface area contributed by atoms with Gasteiger partial charge in [-0.2, -0.15) is 0 Å². The quantitative estimate of drug-likeness (QED) is 0.240. The number of hydrogen-bond acceptors (Lipinski definition) is 6. The lowest BCUT2D eigenvalue weighted by atomic mass is 10.0. The minimum atomic E-state index is -1.22. The number of carboxylic acids is 1. The van der Waals surface area contributed by atoms with E-state index in [1.165, 1.54) is 11.3 Å². The van der Waals surface area contributed by atoms with E-state index in [-0.39, 0.29) is 5.92 Å². The first kappa shape index (κ1) is 29.8. The predicted molar refractivity (Wildman–Crippen MR) is 137 cm³/mol. The number of carbonyl (C=O) groups excluding carboxylic acids is 4. The largest absolute Gasteiger partial charge is 0.494 e. The second-order valence-corrected chi connectivity index (χ2v) is 9.67. The number of hydrogen-bond donors (Lipinski definition) is 3. The summed E-state index contributed by atoms with van der Waals surface area (Å²) in [5, 5.41) is 14.1. The summed E-state index contributed by atoms with van der Waals surface area (Å²) in [6.45, 7) is 6.70. The van der Waals surface area contributed by atoms with E-state index in [9.17, 15) is 24.0 Å². The van der Waals surface area contributed by atoms with Crippen molar-refractivity contribution < 1.29 is 33.8 Å². The van der Waals surface area contributed by atoms with E-state index in [1.807, 2.05) is 0 Å². The first-order valence-electron chi connectivity index (χ1n) is 13.0. The summed E-state index contributed by atoms with van der Waals surface area (Å²) in [6.07, 6.45) is 5.20. The Hall–Kier alpha value is -3.43. The number of ether oxygens (including phenoxy) is 1. The molecule has 1 saturated heterocycles. The molecule has 0 saturated carbocycles. The van der Waals surface area contributed by atoms with Gasteiger partial charge in [-0.1, -0.05) is 40.0 Å². The van der Waals surface area contributed by atoms with Crippen LogP contribution in [0, 0.1) is 5.92 Å². The number of carboxylic acid groups (broad SMARTS) is 1. The summed E-state index contributed by atoms with van der Waals surface area (Å²) in [5.41, 5.74) is 0.384. The number of aldehydes is 1. The van der Waals surface area contributed by atoms with E-state index in [0.29, 0.717) is 43.6 Å². The van der Waals surface area contributed by atoms with Crippen molar-refractivity contribution in [3.63, 3.8) is 0 Å². The summed E-state index contributed by atoms with van der Waals surface area (Å²) in [5.74, 6) is -2.18. The van der Waals surface area contributed by atoms with Crippen LogP contribution in [0.2, 0.25) is 0 Å². The molecular formula is C27H39N3O7. The van der Waals surface area contributed by atoms with E-state index >= 15 is 0 Å². The molecule has 10 nitrogen and oxygen atoms in total. The minimum absolute atomic E-state index is 0.249. The molecule has 1 fully saturated rings. The molecule has 0 radical (unpaired) electrons. The molecule has 1 aliphatic rings. The molecule has 10 heteroatoms. The van der Waals surface area contributed by atoms with Crippen molar-refractivity contribution in [3.8, 4) is 5.75 Å². The molecule has 3 atom stereocenters. The number of rotatable bonds is 15. The van der Waals surface area contributed by atoms with Gasteiger partial charge in [-0.3, -0.25) is 19.2 Å². The molecule has 204 valence electrons. The lowest BCUT2D eigenvalue weighted by Crippen LogP contribution is -2.56.